The Morgan fingerprint density at radius 2 is 0.753 bits per heavy atom. The Kier molecular flexibility index (Phi) is 32.1. The lowest BCUT2D eigenvalue weighted by atomic mass is 9.96. The first-order valence-corrected chi connectivity index (χ1v) is 26.4. The van der Waals surface area contributed by atoms with Crippen LogP contribution in [-0.2, 0) is 52.7 Å². The first kappa shape index (κ1) is 67.4. The maximum Gasteiger partial charge on any atom is 0.326 e. The molecular formula is C48H87N11O13S. The summed E-state index contributed by atoms with van der Waals surface area (Å²) >= 11 is 1.35. The predicted octanol–water partition coefficient (Wildman–Crippen LogP) is -1.22. The highest BCUT2D eigenvalue weighted by Gasteiger charge is 2.36. The zero-order valence-electron chi connectivity index (χ0n) is 44.6. The second kappa shape index (κ2) is 34.8. The minimum Gasteiger partial charge on any atom is -0.480 e. The van der Waals surface area contributed by atoms with Gasteiger partial charge >= 0.3 is 5.97 Å². The Morgan fingerprint density at radius 3 is 1.05 bits per heavy atom. The third kappa shape index (κ3) is 27.3. The molecule has 0 unspecified atom stereocenters. The molecule has 418 valence electrons. The van der Waals surface area contributed by atoms with E-state index in [4.69, 9.17) is 17.2 Å². The van der Waals surface area contributed by atoms with Gasteiger partial charge in [-0.1, -0.05) is 75.7 Å². The van der Waals surface area contributed by atoms with Crippen LogP contribution in [0.2, 0.25) is 0 Å². The van der Waals surface area contributed by atoms with Crippen LogP contribution in [0.5, 0.6) is 0 Å². The summed E-state index contributed by atoms with van der Waals surface area (Å²) in [7, 11) is 0. The van der Waals surface area contributed by atoms with E-state index in [0.717, 1.165) is 0 Å². The fraction of sp³-hybridized carbons (Fsp3) is 0.771. The summed E-state index contributed by atoms with van der Waals surface area (Å²) in [4.78, 5) is 146. The van der Waals surface area contributed by atoms with Gasteiger partial charge in [-0.05, 0) is 86.5 Å². The number of primary amides is 2. The van der Waals surface area contributed by atoms with Gasteiger partial charge in [0.25, 0.3) is 0 Å². The Labute approximate surface area is 434 Å². The largest absolute Gasteiger partial charge is 0.480 e. The van der Waals surface area contributed by atoms with Crippen molar-refractivity contribution in [1.29, 1.82) is 0 Å². The molecule has 0 aliphatic heterocycles. The Balaban J connectivity index is 6.81. The molecule has 0 aromatic heterocycles. The molecule has 0 spiro atoms. The van der Waals surface area contributed by atoms with Crippen molar-refractivity contribution in [3.05, 3.63) is 0 Å². The Hall–Kier alpha value is -5.56. The van der Waals surface area contributed by atoms with E-state index < -0.39 is 145 Å². The molecule has 24 nitrogen and oxygen atoms in total. The summed E-state index contributed by atoms with van der Waals surface area (Å²) in [5.74, 6) is -10.2. The molecule has 0 radical (unpaired) electrons. The summed E-state index contributed by atoms with van der Waals surface area (Å²) in [6, 6.07) is -11.8. The van der Waals surface area contributed by atoms with E-state index in [0.29, 0.717) is 12.2 Å². The number of thioether (sulfide) groups is 1. The highest BCUT2D eigenvalue weighted by atomic mass is 32.2. The summed E-state index contributed by atoms with van der Waals surface area (Å²) in [6.45, 7) is 17.2. The average molecular weight is 1060 g/mol. The fourth-order valence-electron chi connectivity index (χ4n) is 7.36. The van der Waals surface area contributed by atoms with Gasteiger partial charge in [-0.3, -0.25) is 47.9 Å². The first-order chi connectivity index (χ1) is 34.0. The van der Waals surface area contributed by atoms with Crippen LogP contribution in [0.15, 0.2) is 0 Å². The van der Waals surface area contributed by atoms with Gasteiger partial charge in [-0.25, -0.2) is 4.79 Å². The quantitative estimate of drug-likeness (QED) is 0.0347. The summed E-state index contributed by atoms with van der Waals surface area (Å²) in [5.41, 5.74) is 16.5. The molecule has 0 rings (SSSR count). The van der Waals surface area contributed by atoms with E-state index in [1.54, 1.807) is 61.6 Å². The number of carboxylic acid groups (broad SMARTS) is 1. The number of hydrogen-bond acceptors (Lipinski definition) is 14. The topological polar surface area (TPSA) is 403 Å². The van der Waals surface area contributed by atoms with E-state index in [-0.39, 0.29) is 68.6 Å². The van der Waals surface area contributed by atoms with Gasteiger partial charge in [0.15, 0.2) is 0 Å². The smallest absolute Gasteiger partial charge is 0.326 e. The number of amides is 10. The summed E-state index contributed by atoms with van der Waals surface area (Å²) in [5, 5.41) is 39.8. The molecular weight excluding hydrogens is 971 g/mol. The Bertz CT molecular complexity index is 1850. The average Bonchev–Trinajstić information content (AvgIpc) is 3.29. The van der Waals surface area contributed by atoms with Gasteiger partial charge < -0.3 is 69.9 Å². The summed E-state index contributed by atoms with van der Waals surface area (Å²) in [6.07, 6.45) is 1.02. The lowest BCUT2D eigenvalue weighted by molar-refractivity contribution is -0.143. The highest BCUT2D eigenvalue weighted by Crippen LogP contribution is 2.15. The summed E-state index contributed by atoms with van der Waals surface area (Å²) < 4.78 is 0. The fourth-order valence-corrected chi connectivity index (χ4v) is 7.83. The molecule has 0 aromatic rings. The van der Waals surface area contributed by atoms with Crippen LogP contribution < -0.4 is 59.7 Å². The molecule has 10 atom stereocenters. The standard InChI is InChI=1S/C48H87N11O13S/c1-12-28(10)39(59-40(63)29(49)23-60)47(70)57-35(21-26(6)7)46(69)56-34(20-25(4)5)45(68)55-33(19-24(2)3)44(67)53-31(14-16-38(51)62)41(64)52-30(13-15-37(50)61)42(65)54-32(17-18-73-11)43(66)58-36(48(71)72)22-27(8)9/h24-36,39,60H,12-23,49H2,1-11H3,(H2,50,61)(H2,51,62)(H,52,64)(H,53,67)(H,54,65)(H,55,68)(H,56,69)(H,57,70)(H,58,66)(H,59,63)(H,71,72)/t28-,29-,30-,31-,32-,33-,34-,35-,36-,39-/m0/s1. The zero-order chi connectivity index (χ0) is 56.3. The lowest BCUT2D eigenvalue weighted by Crippen LogP contribution is -2.61. The van der Waals surface area contributed by atoms with Crippen molar-refractivity contribution in [2.45, 2.75) is 188 Å². The number of carbonyl (C=O) groups is 11. The van der Waals surface area contributed by atoms with Crippen LogP contribution in [0.1, 0.15) is 133 Å². The minimum atomic E-state index is -1.56. The van der Waals surface area contributed by atoms with Crippen LogP contribution in [-0.4, -0.2) is 148 Å². The van der Waals surface area contributed by atoms with Gasteiger partial charge in [0.2, 0.25) is 59.1 Å². The normalized spacial score (nSPS) is 15.5. The van der Waals surface area contributed by atoms with Crippen LogP contribution in [0, 0.1) is 29.6 Å². The van der Waals surface area contributed by atoms with Crippen molar-refractivity contribution in [1.82, 2.24) is 42.5 Å². The molecule has 73 heavy (non-hydrogen) atoms. The number of aliphatic hydroxyl groups excluding tert-OH is 1. The van der Waals surface area contributed by atoms with Crippen molar-refractivity contribution >= 4 is 76.8 Å². The molecule has 0 heterocycles. The molecule has 0 saturated carbocycles. The number of nitrogens with two attached hydrogens (primary N) is 3. The number of carboxylic acids is 1. The minimum absolute atomic E-state index is 0.0157. The van der Waals surface area contributed by atoms with E-state index in [1.807, 2.05) is 13.8 Å². The van der Waals surface area contributed by atoms with E-state index in [1.165, 1.54) is 11.8 Å². The molecule has 0 fully saturated rings. The van der Waals surface area contributed by atoms with Gasteiger partial charge in [-0.15, -0.1) is 0 Å². The van der Waals surface area contributed by atoms with Gasteiger partial charge in [0.05, 0.1) is 6.61 Å². The van der Waals surface area contributed by atoms with Crippen LogP contribution in [0.4, 0.5) is 0 Å². The third-order valence-corrected chi connectivity index (χ3v) is 12.2. The molecule has 16 N–H and O–H groups in total. The molecule has 0 bridgehead atoms. The van der Waals surface area contributed by atoms with Crippen LogP contribution >= 0.6 is 11.8 Å². The van der Waals surface area contributed by atoms with E-state index in [2.05, 4.69) is 42.5 Å². The van der Waals surface area contributed by atoms with Crippen molar-refractivity contribution < 1.29 is 63.0 Å². The van der Waals surface area contributed by atoms with Crippen molar-refractivity contribution in [2.24, 2.45) is 46.8 Å². The number of nitrogens with one attached hydrogen (secondary N) is 8. The second-order valence-electron chi connectivity index (χ2n) is 20.2. The predicted molar refractivity (Wildman–Crippen MR) is 275 cm³/mol. The van der Waals surface area contributed by atoms with E-state index >= 15 is 0 Å². The van der Waals surface area contributed by atoms with Crippen LogP contribution in [0.3, 0.4) is 0 Å². The van der Waals surface area contributed by atoms with Crippen molar-refractivity contribution in [3.63, 3.8) is 0 Å². The number of aliphatic carboxylic acids is 1. The zero-order valence-corrected chi connectivity index (χ0v) is 45.4. The molecule has 10 amide bonds. The SMILES string of the molecule is CC[C@H](C)[C@H](NC(=O)[C@@H](N)CO)C(=O)N[C@@H](CC(C)C)C(=O)N[C@@H](CC(C)C)C(=O)N[C@@H](CC(C)C)C(=O)N[C@@H](CCC(N)=O)C(=O)N[C@@H](CCC(N)=O)C(=O)N[C@@H](CCSC)C(=O)N[C@@H](CC(C)C)C(=O)O. The maximum atomic E-state index is 14.2. The monoisotopic (exact) mass is 1060 g/mol. The maximum absolute atomic E-state index is 14.2. The van der Waals surface area contributed by atoms with Crippen LogP contribution in [0.25, 0.3) is 0 Å². The van der Waals surface area contributed by atoms with E-state index in [9.17, 15) is 63.0 Å². The van der Waals surface area contributed by atoms with Gasteiger partial charge in [-0.2, -0.15) is 11.8 Å². The number of carbonyl (C=O) groups excluding carboxylic acids is 10. The molecule has 0 aliphatic rings. The molecule has 0 saturated heterocycles. The Morgan fingerprint density at radius 1 is 0.452 bits per heavy atom. The molecule has 0 aromatic carbocycles. The molecule has 25 heteroatoms. The number of rotatable bonds is 37. The van der Waals surface area contributed by atoms with Crippen molar-refractivity contribution in [3.8, 4) is 0 Å². The number of hydrogen-bond donors (Lipinski definition) is 13. The van der Waals surface area contributed by atoms with Crippen molar-refractivity contribution in [2.75, 3.05) is 18.6 Å². The second-order valence-corrected chi connectivity index (χ2v) is 21.2. The van der Waals surface area contributed by atoms with Gasteiger partial charge in [0, 0.05) is 12.8 Å². The van der Waals surface area contributed by atoms with Gasteiger partial charge in [0.1, 0.15) is 54.4 Å². The number of aliphatic hydroxyl groups is 1. The molecule has 0 aliphatic carbocycles. The third-order valence-electron chi connectivity index (χ3n) is 11.5. The lowest BCUT2D eigenvalue weighted by Gasteiger charge is -2.30. The first-order valence-electron chi connectivity index (χ1n) is 25.1. The highest BCUT2D eigenvalue weighted by molar-refractivity contribution is 7.98.